The minimum absolute atomic E-state index is 0.0652. The predicted octanol–water partition coefficient (Wildman–Crippen LogP) is 2.05. The van der Waals surface area contributed by atoms with Crippen LogP contribution >= 0.6 is 15.9 Å². The average molecular weight is 326 g/mol. The minimum atomic E-state index is 0.0652. The summed E-state index contributed by atoms with van der Waals surface area (Å²) in [6, 6.07) is 5.80. The van der Waals surface area contributed by atoms with Gasteiger partial charge in [0.25, 0.3) is 5.91 Å². The summed E-state index contributed by atoms with van der Waals surface area (Å²) in [5, 5.41) is 0. The van der Waals surface area contributed by atoms with Crippen molar-refractivity contribution in [3.63, 3.8) is 0 Å². The number of anilines is 1. The molecular weight excluding hydrogens is 306 g/mol. The normalized spacial score (nSPS) is 23.1. The molecule has 1 aromatic carbocycles. The molecule has 0 spiro atoms. The number of amides is 1. The standard InChI is InChI=1S/C14H20BrN3O/c1-9-7-18(8-13(9)17(2)3)14(19)10-4-5-11(15)12(16)6-10/h4-6,9,13H,7-8,16H2,1-3H3. The number of rotatable bonds is 2. The van der Waals surface area contributed by atoms with Crippen LogP contribution in [0.3, 0.4) is 0 Å². The lowest BCUT2D eigenvalue weighted by Gasteiger charge is -2.22. The molecule has 0 saturated carbocycles. The Bertz CT molecular complexity index is 490. The van der Waals surface area contributed by atoms with E-state index in [1.165, 1.54) is 0 Å². The zero-order valence-electron chi connectivity index (χ0n) is 11.6. The highest BCUT2D eigenvalue weighted by atomic mass is 79.9. The summed E-state index contributed by atoms with van der Waals surface area (Å²) in [6.07, 6.45) is 0. The van der Waals surface area contributed by atoms with Gasteiger partial charge in [-0.2, -0.15) is 0 Å². The molecule has 1 heterocycles. The zero-order valence-corrected chi connectivity index (χ0v) is 13.1. The first-order valence-corrected chi connectivity index (χ1v) is 7.20. The van der Waals surface area contributed by atoms with Crippen LogP contribution in [-0.4, -0.2) is 48.9 Å². The van der Waals surface area contributed by atoms with Gasteiger partial charge in [0, 0.05) is 34.9 Å². The molecule has 0 bridgehead atoms. The second kappa shape index (κ2) is 5.51. The van der Waals surface area contributed by atoms with Crippen molar-refractivity contribution in [3.05, 3.63) is 28.2 Å². The zero-order chi connectivity index (χ0) is 14.2. The number of carbonyl (C=O) groups is 1. The molecule has 1 aliphatic heterocycles. The number of nitrogens with two attached hydrogens (primary N) is 1. The minimum Gasteiger partial charge on any atom is -0.398 e. The van der Waals surface area contributed by atoms with Crippen LogP contribution in [-0.2, 0) is 0 Å². The highest BCUT2D eigenvalue weighted by molar-refractivity contribution is 9.10. The van der Waals surface area contributed by atoms with Gasteiger partial charge in [-0.25, -0.2) is 0 Å². The second-order valence-corrected chi connectivity index (χ2v) is 6.31. The number of likely N-dealkylation sites (N-methyl/N-ethyl adjacent to an activating group) is 1. The molecule has 0 radical (unpaired) electrons. The molecule has 1 amide bonds. The lowest BCUT2D eigenvalue weighted by molar-refractivity contribution is 0.0781. The van der Waals surface area contributed by atoms with Gasteiger partial charge >= 0.3 is 0 Å². The summed E-state index contributed by atoms with van der Waals surface area (Å²) in [6.45, 7) is 3.77. The van der Waals surface area contributed by atoms with Crippen molar-refractivity contribution in [3.8, 4) is 0 Å². The topological polar surface area (TPSA) is 49.6 Å². The maximum absolute atomic E-state index is 12.5. The van der Waals surface area contributed by atoms with Gasteiger partial charge in [0.1, 0.15) is 0 Å². The third-order valence-electron chi connectivity index (χ3n) is 3.77. The van der Waals surface area contributed by atoms with Gasteiger partial charge in [-0.05, 0) is 54.1 Å². The number of likely N-dealkylation sites (tertiary alicyclic amines) is 1. The van der Waals surface area contributed by atoms with Crippen molar-refractivity contribution >= 4 is 27.5 Å². The van der Waals surface area contributed by atoms with Crippen molar-refractivity contribution in [1.29, 1.82) is 0 Å². The Morgan fingerprint density at radius 2 is 2.11 bits per heavy atom. The molecular formula is C14H20BrN3O. The monoisotopic (exact) mass is 325 g/mol. The van der Waals surface area contributed by atoms with Crippen LogP contribution in [0, 0.1) is 5.92 Å². The highest BCUT2D eigenvalue weighted by Gasteiger charge is 2.33. The molecule has 0 aromatic heterocycles. The van der Waals surface area contributed by atoms with E-state index in [0.717, 1.165) is 17.6 Å². The highest BCUT2D eigenvalue weighted by Crippen LogP contribution is 2.24. The molecule has 2 atom stereocenters. The predicted molar refractivity (Wildman–Crippen MR) is 81.1 cm³/mol. The van der Waals surface area contributed by atoms with Crippen molar-refractivity contribution in [2.45, 2.75) is 13.0 Å². The molecule has 5 heteroatoms. The fourth-order valence-electron chi connectivity index (χ4n) is 2.65. The third-order valence-corrected chi connectivity index (χ3v) is 4.49. The van der Waals surface area contributed by atoms with Crippen LogP contribution in [0.4, 0.5) is 5.69 Å². The molecule has 104 valence electrons. The largest absolute Gasteiger partial charge is 0.398 e. The van der Waals surface area contributed by atoms with Gasteiger partial charge in [0.05, 0.1) is 0 Å². The molecule has 1 aromatic rings. The summed E-state index contributed by atoms with van der Waals surface area (Å²) >= 11 is 3.34. The van der Waals surface area contributed by atoms with E-state index in [1.807, 2.05) is 17.0 Å². The molecule has 0 aliphatic carbocycles. The summed E-state index contributed by atoms with van der Waals surface area (Å²) in [5.41, 5.74) is 7.09. The van der Waals surface area contributed by atoms with Crippen molar-refractivity contribution in [2.75, 3.05) is 32.9 Å². The van der Waals surface area contributed by atoms with Gasteiger partial charge in [-0.3, -0.25) is 4.79 Å². The SMILES string of the molecule is CC1CN(C(=O)c2ccc(Br)c(N)c2)CC1N(C)C. The fourth-order valence-corrected chi connectivity index (χ4v) is 2.89. The summed E-state index contributed by atoms with van der Waals surface area (Å²) in [4.78, 5) is 16.6. The smallest absolute Gasteiger partial charge is 0.253 e. The lowest BCUT2D eigenvalue weighted by Crippen LogP contribution is -2.35. The van der Waals surface area contributed by atoms with Crippen LogP contribution in [0.15, 0.2) is 22.7 Å². The Kier molecular flexibility index (Phi) is 4.16. The van der Waals surface area contributed by atoms with Crippen molar-refractivity contribution < 1.29 is 4.79 Å². The summed E-state index contributed by atoms with van der Waals surface area (Å²) in [7, 11) is 4.12. The first-order valence-electron chi connectivity index (χ1n) is 6.41. The number of nitrogens with zero attached hydrogens (tertiary/aromatic N) is 2. The van der Waals surface area contributed by atoms with Gasteiger partial charge in [-0.1, -0.05) is 6.92 Å². The maximum atomic E-state index is 12.5. The molecule has 1 fully saturated rings. The third kappa shape index (κ3) is 2.92. The Hall–Kier alpha value is -1.07. The number of halogens is 1. The Labute approximate surface area is 122 Å². The second-order valence-electron chi connectivity index (χ2n) is 5.45. The van der Waals surface area contributed by atoms with Crippen LogP contribution in [0.5, 0.6) is 0 Å². The molecule has 4 nitrogen and oxygen atoms in total. The van der Waals surface area contributed by atoms with Crippen LogP contribution < -0.4 is 5.73 Å². The number of nitrogen functional groups attached to an aromatic ring is 1. The number of hydrogen-bond donors (Lipinski definition) is 1. The van der Waals surface area contributed by atoms with Crippen molar-refractivity contribution in [2.24, 2.45) is 5.92 Å². The van der Waals surface area contributed by atoms with Gasteiger partial charge < -0.3 is 15.5 Å². The van der Waals surface area contributed by atoms with E-state index in [9.17, 15) is 4.79 Å². The quantitative estimate of drug-likeness (QED) is 0.847. The van der Waals surface area contributed by atoms with E-state index in [0.29, 0.717) is 23.2 Å². The van der Waals surface area contributed by atoms with E-state index >= 15 is 0 Å². The number of benzene rings is 1. The van der Waals surface area contributed by atoms with E-state index in [1.54, 1.807) is 6.07 Å². The van der Waals surface area contributed by atoms with E-state index in [4.69, 9.17) is 5.73 Å². The van der Waals surface area contributed by atoms with Gasteiger partial charge in [-0.15, -0.1) is 0 Å². The molecule has 2 N–H and O–H groups in total. The van der Waals surface area contributed by atoms with Gasteiger partial charge in [0.2, 0.25) is 0 Å². The molecule has 2 unspecified atom stereocenters. The lowest BCUT2D eigenvalue weighted by atomic mass is 10.1. The van der Waals surface area contributed by atoms with E-state index < -0.39 is 0 Å². The van der Waals surface area contributed by atoms with Crippen LogP contribution in [0.2, 0.25) is 0 Å². The molecule has 1 aliphatic rings. The van der Waals surface area contributed by atoms with Crippen molar-refractivity contribution in [1.82, 2.24) is 9.80 Å². The Balaban J connectivity index is 2.15. The van der Waals surface area contributed by atoms with E-state index in [2.05, 4.69) is 41.8 Å². The average Bonchev–Trinajstić information content (AvgIpc) is 2.74. The maximum Gasteiger partial charge on any atom is 0.253 e. The van der Waals surface area contributed by atoms with Gasteiger partial charge in [0.15, 0.2) is 0 Å². The number of carbonyl (C=O) groups excluding carboxylic acids is 1. The Morgan fingerprint density at radius 3 is 2.63 bits per heavy atom. The first kappa shape index (κ1) is 14.3. The fraction of sp³-hybridized carbons (Fsp3) is 0.500. The molecule has 2 rings (SSSR count). The van der Waals surface area contributed by atoms with Crippen LogP contribution in [0.1, 0.15) is 17.3 Å². The first-order chi connectivity index (χ1) is 8.90. The Morgan fingerprint density at radius 1 is 1.42 bits per heavy atom. The molecule has 1 saturated heterocycles. The summed E-state index contributed by atoms with van der Waals surface area (Å²) in [5.74, 6) is 0.558. The summed E-state index contributed by atoms with van der Waals surface area (Å²) < 4.78 is 0.824. The van der Waals surface area contributed by atoms with E-state index in [-0.39, 0.29) is 5.91 Å². The number of hydrogen-bond acceptors (Lipinski definition) is 3. The molecule has 19 heavy (non-hydrogen) atoms. The van der Waals surface area contributed by atoms with Crippen LogP contribution in [0.25, 0.3) is 0 Å².